The number of halogens is 1. The SMILES string of the molecule is COc1ccccc1CN=C(NCc1nnc(C)n1C)NCC1CCCO1.I. The van der Waals surface area contributed by atoms with Gasteiger partial charge in [0.05, 0.1) is 26.3 Å². The van der Waals surface area contributed by atoms with Gasteiger partial charge in [-0.2, -0.15) is 0 Å². The molecule has 1 aliphatic heterocycles. The first-order valence-corrected chi connectivity index (χ1v) is 9.28. The van der Waals surface area contributed by atoms with Crippen molar-refractivity contribution in [2.45, 2.75) is 39.0 Å². The first kappa shape index (κ1) is 22.4. The predicted molar refractivity (Wildman–Crippen MR) is 119 cm³/mol. The summed E-state index contributed by atoms with van der Waals surface area (Å²) in [4.78, 5) is 4.72. The van der Waals surface area contributed by atoms with E-state index < -0.39 is 0 Å². The zero-order valence-electron chi connectivity index (χ0n) is 16.6. The second-order valence-electron chi connectivity index (χ2n) is 6.57. The van der Waals surface area contributed by atoms with Crippen LogP contribution in [-0.2, 0) is 24.9 Å². The Morgan fingerprint density at radius 1 is 1.32 bits per heavy atom. The van der Waals surface area contributed by atoms with Gasteiger partial charge in [-0.1, -0.05) is 18.2 Å². The van der Waals surface area contributed by atoms with Crippen LogP contribution in [0.25, 0.3) is 0 Å². The van der Waals surface area contributed by atoms with E-state index in [0.717, 1.165) is 54.9 Å². The molecule has 0 amide bonds. The zero-order chi connectivity index (χ0) is 19.1. The van der Waals surface area contributed by atoms with Crippen molar-refractivity contribution in [3.8, 4) is 5.75 Å². The normalized spacial score (nSPS) is 16.5. The van der Waals surface area contributed by atoms with Gasteiger partial charge in [0.15, 0.2) is 11.8 Å². The molecule has 2 N–H and O–H groups in total. The average Bonchev–Trinajstić information content (AvgIpc) is 3.32. The van der Waals surface area contributed by atoms with Crippen LogP contribution in [-0.4, -0.2) is 47.1 Å². The lowest BCUT2D eigenvalue weighted by molar-refractivity contribution is 0.113. The van der Waals surface area contributed by atoms with Crippen molar-refractivity contribution in [3.63, 3.8) is 0 Å². The third-order valence-electron chi connectivity index (χ3n) is 4.72. The van der Waals surface area contributed by atoms with Crippen molar-refractivity contribution in [1.82, 2.24) is 25.4 Å². The number of aromatic nitrogens is 3. The lowest BCUT2D eigenvalue weighted by Gasteiger charge is -2.16. The molecule has 154 valence electrons. The van der Waals surface area contributed by atoms with E-state index in [1.807, 2.05) is 42.8 Å². The molecule has 1 unspecified atom stereocenters. The number of guanidine groups is 1. The Morgan fingerprint density at radius 3 is 2.82 bits per heavy atom. The lowest BCUT2D eigenvalue weighted by Crippen LogP contribution is -2.41. The highest BCUT2D eigenvalue weighted by molar-refractivity contribution is 14.0. The molecule has 28 heavy (non-hydrogen) atoms. The van der Waals surface area contributed by atoms with Crippen LogP contribution in [0.5, 0.6) is 5.75 Å². The van der Waals surface area contributed by atoms with Crippen LogP contribution in [0, 0.1) is 6.92 Å². The standard InChI is InChI=1S/C19H28N6O2.HI/c1-14-23-24-18(25(14)2)13-22-19(21-12-16-8-6-10-27-16)20-11-15-7-4-5-9-17(15)26-3;/h4-5,7,9,16H,6,8,10-13H2,1-3H3,(H2,20,21,22);1H. The number of ether oxygens (including phenoxy) is 2. The van der Waals surface area contributed by atoms with E-state index in [-0.39, 0.29) is 30.1 Å². The summed E-state index contributed by atoms with van der Waals surface area (Å²) in [6, 6.07) is 7.91. The van der Waals surface area contributed by atoms with Crippen LogP contribution >= 0.6 is 24.0 Å². The summed E-state index contributed by atoms with van der Waals surface area (Å²) in [5.41, 5.74) is 1.03. The smallest absolute Gasteiger partial charge is 0.192 e. The molecule has 8 nitrogen and oxygen atoms in total. The molecule has 9 heteroatoms. The van der Waals surface area contributed by atoms with Crippen LogP contribution in [0.3, 0.4) is 0 Å². The Hall–Kier alpha value is -1.88. The first-order valence-electron chi connectivity index (χ1n) is 9.28. The number of hydrogen-bond donors (Lipinski definition) is 2. The molecular formula is C19H29IN6O2. The zero-order valence-corrected chi connectivity index (χ0v) is 19.0. The Morgan fingerprint density at radius 2 is 2.14 bits per heavy atom. The molecule has 3 rings (SSSR count). The Kier molecular flexibility index (Phi) is 8.97. The molecule has 0 radical (unpaired) electrons. The third kappa shape index (κ3) is 6.06. The van der Waals surface area contributed by atoms with Gasteiger partial charge in [-0.3, -0.25) is 0 Å². The molecule has 1 aliphatic rings. The molecule has 2 aromatic rings. The summed E-state index contributed by atoms with van der Waals surface area (Å²) < 4.78 is 13.1. The number of para-hydroxylation sites is 1. The highest BCUT2D eigenvalue weighted by Gasteiger charge is 2.16. The van der Waals surface area contributed by atoms with Crippen LogP contribution in [0.2, 0.25) is 0 Å². The van der Waals surface area contributed by atoms with E-state index in [9.17, 15) is 0 Å². The fraction of sp³-hybridized carbons (Fsp3) is 0.526. The van der Waals surface area contributed by atoms with E-state index in [4.69, 9.17) is 14.5 Å². The van der Waals surface area contributed by atoms with Crippen molar-refractivity contribution in [2.75, 3.05) is 20.3 Å². The van der Waals surface area contributed by atoms with E-state index in [2.05, 4.69) is 20.8 Å². The fourth-order valence-corrected chi connectivity index (χ4v) is 2.96. The van der Waals surface area contributed by atoms with Crippen LogP contribution in [0.4, 0.5) is 0 Å². The number of aliphatic imine (C=N–C) groups is 1. The molecule has 1 atom stereocenters. The van der Waals surface area contributed by atoms with Gasteiger partial charge in [0.25, 0.3) is 0 Å². The summed E-state index contributed by atoms with van der Waals surface area (Å²) in [6.45, 7) is 4.56. The van der Waals surface area contributed by atoms with Crippen LogP contribution < -0.4 is 15.4 Å². The topological polar surface area (TPSA) is 85.6 Å². The highest BCUT2D eigenvalue weighted by atomic mass is 127. The van der Waals surface area contributed by atoms with Crippen molar-refractivity contribution in [3.05, 3.63) is 41.5 Å². The minimum Gasteiger partial charge on any atom is -0.496 e. The summed E-state index contributed by atoms with van der Waals surface area (Å²) in [7, 11) is 3.63. The number of nitrogens with one attached hydrogen (secondary N) is 2. The molecule has 1 aromatic heterocycles. The van der Waals surface area contributed by atoms with Crippen molar-refractivity contribution in [1.29, 1.82) is 0 Å². The molecule has 0 bridgehead atoms. The number of hydrogen-bond acceptors (Lipinski definition) is 5. The van der Waals surface area contributed by atoms with Gasteiger partial charge < -0.3 is 24.7 Å². The Bertz CT molecular complexity index is 774. The van der Waals surface area contributed by atoms with E-state index in [1.165, 1.54) is 0 Å². The molecule has 0 spiro atoms. The lowest BCUT2D eigenvalue weighted by atomic mass is 10.2. The van der Waals surface area contributed by atoms with Gasteiger partial charge in [0.2, 0.25) is 0 Å². The summed E-state index contributed by atoms with van der Waals surface area (Å²) in [5.74, 6) is 3.30. The largest absolute Gasteiger partial charge is 0.496 e. The Labute approximate surface area is 183 Å². The quantitative estimate of drug-likeness (QED) is 0.345. The van der Waals surface area contributed by atoms with E-state index in [1.54, 1.807) is 7.11 Å². The van der Waals surface area contributed by atoms with Crippen LogP contribution in [0.1, 0.15) is 30.1 Å². The van der Waals surface area contributed by atoms with Gasteiger partial charge >= 0.3 is 0 Å². The maximum absolute atomic E-state index is 5.70. The van der Waals surface area contributed by atoms with Gasteiger partial charge in [0.1, 0.15) is 11.6 Å². The number of nitrogens with zero attached hydrogens (tertiary/aromatic N) is 4. The summed E-state index contributed by atoms with van der Waals surface area (Å²) in [6.07, 6.45) is 2.43. The molecule has 1 aromatic carbocycles. The number of rotatable bonds is 7. The third-order valence-corrected chi connectivity index (χ3v) is 4.72. The van der Waals surface area contributed by atoms with Crippen molar-refractivity contribution < 1.29 is 9.47 Å². The van der Waals surface area contributed by atoms with Crippen molar-refractivity contribution in [2.24, 2.45) is 12.0 Å². The molecular weight excluding hydrogens is 471 g/mol. The highest BCUT2D eigenvalue weighted by Crippen LogP contribution is 2.18. The summed E-state index contributed by atoms with van der Waals surface area (Å²) in [5, 5.41) is 15.0. The first-order chi connectivity index (χ1) is 13.2. The number of aryl methyl sites for hydroxylation is 1. The average molecular weight is 500 g/mol. The minimum atomic E-state index is 0. The molecule has 1 fully saturated rings. The summed E-state index contributed by atoms with van der Waals surface area (Å²) >= 11 is 0. The minimum absolute atomic E-state index is 0. The van der Waals surface area contributed by atoms with Gasteiger partial charge in [-0.25, -0.2) is 4.99 Å². The predicted octanol–water partition coefficient (Wildman–Crippen LogP) is 2.16. The molecule has 2 heterocycles. The molecule has 0 saturated carbocycles. The monoisotopic (exact) mass is 500 g/mol. The maximum atomic E-state index is 5.70. The van der Waals surface area contributed by atoms with Gasteiger partial charge in [-0.15, -0.1) is 34.2 Å². The van der Waals surface area contributed by atoms with Crippen molar-refractivity contribution >= 4 is 29.9 Å². The maximum Gasteiger partial charge on any atom is 0.192 e. The van der Waals surface area contributed by atoms with Gasteiger partial charge in [-0.05, 0) is 25.8 Å². The molecule has 0 aliphatic carbocycles. The van der Waals surface area contributed by atoms with E-state index >= 15 is 0 Å². The fourth-order valence-electron chi connectivity index (χ4n) is 2.96. The second kappa shape index (κ2) is 11.2. The van der Waals surface area contributed by atoms with Gasteiger partial charge in [0, 0.05) is 25.8 Å². The number of methoxy groups -OCH3 is 1. The second-order valence-corrected chi connectivity index (χ2v) is 6.57. The molecule has 1 saturated heterocycles. The van der Waals surface area contributed by atoms with E-state index in [0.29, 0.717) is 13.1 Å². The van der Waals surface area contributed by atoms with Crippen LogP contribution in [0.15, 0.2) is 29.3 Å². The Balaban J connectivity index is 0.00000280. The number of benzene rings is 1.